The van der Waals surface area contributed by atoms with Crippen molar-refractivity contribution in [2.75, 3.05) is 0 Å². The summed E-state index contributed by atoms with van der Waals surface area (Å²) in [5.74, 6) is 0. The summed E-state index contributed by atoms with van der Waals surface area (Å²) < 4.78 is 0. The van der Waals surface area contributed by atoms with Gasteiger partial charge in [0.2, 0.25) is 0 Å². The van der Waals surface area contributed by atoms with Crippen molar-refractivity contribution >= 4 is 91.7 Å². The molecule has 0 bridgehead atoms. The summed E-state index contributed by atoms with van der Waals surface area (Å²) in [6, 6.07) is 77.1. The third kappa shape index (κ3) is 9.00. The van der Waals surface area contributed by atoms with Crippen molar-refractivity contribution in [3.63, 3.8) is 0 Å². The molecule has 0 atom stereocenters. The monoisotopic (exact) mass is 764 g/mol. The minimum atomic E-state index is 1.20. The number of hydrogen-bond donors (Lipinski definition) is 0. The minimum absolute atomic E-state index is 1.20. The van der Waals surface area contributed by atoms with Crippen molar-refractivity contribution in [3.05, 3.63) is 263 Å². The first-order valence-corrected chi connectivity index (χ1v) is 20.6. The van der Waals surface area contributed by atoms with Crippen LogP contribution in [0.2, 0.25) is 0 Å². The van der Waals surface area contributed by atoms with Crippen LogP contribution in [0, 0.1) is 0 Å². The minimum Gasteiger partial charge on any atom is -0.0622 e. The lowest BCUT2D eigenvalue weighted by Gasteiger charge is -2.08. The van der Waals surface area contributed by atoms with Gasteiger partial charge < -0.3 is 0 Å². The van der Waals surface area contributed by atoms with E-state index in [-0.39, 0.29) is 0 Å². The number of benzene rings is 10. The topological polar surface area (TPSA) is 0 Å². The average molecular weight is 765 g/mol. The van der Waals surface area contributed by atoms with E-state index >= 15 is 0 Å². The van der Waals surface area contributed by atoms with E-state index in [2.05, 4.69) is 255 Å². The predicted molar refractivity (Wildman–Crippen MR) is 264 cm³/mol. The second kappa shape index (κ2) is 18.2. The van der Waals surface area contributed by atoms with E-state index in [9.17, 15) is 0 Å². The zero-order valence-electron chi connectivity index (χ0n) is 33.4. The Labute approximate surface area is 353 Å². The SMILES string of the molecule is C(=C\c1cccc(/C=C/c2c3ccccc3cc3ccccc23)c1)/c1ccccc1.C(=C\c1cccc(/C=C/c2c3ccccc3cc3ccccc23)c1)/c1ccccc1. The molecule has 0 saturated carbocycles. The summed E-state index contributed by atoms with van der Waals surface area (Å²) >= 11 is 0. The highest BCUT2D eigenvalue weighted by Crippen LogP contribution is 2.32. The van der Waals surface area contributed by atoms with Crippen LogP contribution < -0.4 is 0 Å². The summed E-state index contributed by atoms with van der Waals surface area (Å²) in [5, 5.41) is 10.2. The molecule has 0 N–H and O–H groups in total. The van der Waals surface area contributed by atoms with Crippen LogP contribution in [0.25, 0.3) is 91.7 Å². The van der Waals surface area contributed by atoms with Gasteiger partial charge in [-0.2, -0.15) is 0 Å². The first-order chi connectivity index (χ1) is 29.7. The van der Waals surface area contributed by atoms with E-state index in [0.717, 1.165) is 0 Å². The summed E-state index contributed by atoms with van der Waals surface area (Å²) in [6.45, 7) is 0. The normalized spacial score (nSPS) is 11.7. The van der Waals surface area contributed by atoms with Crippen LogP contribution in [0.5, 0.6) is 0 Å². The molecular formula is C60H44. The number of rotatable bonds is 8. The molecule has 0 saturated heterocycles. The van der Waals surface area contributed by atoms with Crippen LogP contribution in [0.1, 0.15) is 44.5 Å². The van der Waals surface area contributed by atoms with Gasteiger partial charge in [0.25, 0.3) is 0 Å². The van der Waals surface area contributed by atoms with Crippen molar-refractivity contribution in [3.8, 4) is 0 Å². The first kappa shape index (κ1) is 37.8. The maximum atomic E-state index is 2.27. The lowest BCUT2D eigenvalue weighted by atomic mass is 9.96. The second-order valence-electron chi connectivity index (χ2n) is 15.0. The van der Waals surface area contributed by atoms with Gasteiger partial charge in [-0.15, -0.1) is 0 Å². The van der Waals surface area contributed by atoms with Crippen molar-refractivity contribution in [2.24, 2.45) is 0 Å². The van der Waals surface area contributed by atoms with Gasteiger partial charge in [-0.25, -0.2) is 0 Å². The van der Waals surface area contributed by atoms with Gasteiger partial charge in [-0.3, -0.25) is 0 Å². The molecule has 0 spiro atoms. The van der Waals surface area contributed by atoms with E-state index < -0.39 is 0 Å². The Morgan fingerprint density at radius 3 is 0.767 bits per heavy atom. The van der Waals surface area contributed by atoms with Crippen molar-refractivity contribution in [1.29, 1.82) is 0 Å². The van der Waals surface area contributed by atoms with Crippen LogP contribution in [-0.2, 0) is 0 Å². The molecule has 0 radical (unpaired) electrons. The van der Waals surface area contributed by atoms with Crippen molar-refractivity contribution in [2.45, 2.75) is 0 Å². The Bertz CT molecular complexity index is 2850. The Morgan fingerprint density at radius 2 is 0.433 bits per heavy atom. The van der Waals surface area contributed by atoms with Gasteiger partial charge in [0.15, 0.2) is 0 Å². The Balaban J connectivity index is 0.000000154. The smallest absolute Gasteiger partial charge is 0.00992 e. The summed E-state index contributed by atoms with van der Waals surface area (Å²) in [5.41, 5.74) is 9.75. The second-order valence-corrected chi connectivity index (χ2v) is 15.0. The standard InChI is InChI=1S/2C30H22/c2*1-2-9-23(10-3-1)17-18-24-11-8-12-25(21-24)19-20-30-28-15-6-4-13-26(28)22-27-14-5-7-16-29(27)30/h2*1-22H/b2*18-17+,20-19+. The average Bonchev–Trinajstić information content (AvgIpc) is 3.31. The third-order valence-corrected chi connectivity index (χ3v) is 10.9. The summed E-state index contributed by atoms with van der Waals surface area (Å²) in [6.07, 6.45) is 17.6. The fraction of sp³-hybridized carbons (Fsp3) is 0. The molecule has 0 fully saturated rings. The van der Waals surface area contributed by atoms with Gasteiger partial charge in [-0.05, 0) is 112 Å². The Morgan fingerprint density at radius 1 is 0.183 bits per heavy atom. The molecule has 0 aliphatic rings. The molecule has 0 aliphatic heterocycles. The van der Waals surface area contributed by atoms with Crippen LogP contribution in [0.3, 0.4) is 0 Å². The lowest BCUT2D eigenvalue weighted by molar-refractivity contribution is 1.62. The molecule has 0 heterocycles. The van der Waals surface area contributed by atoms with Crippen LogP contribution in [-0.4, -0.2) is 0 Å². The van der Waals surface area contributed by atoms with Crippen molar-refractivity contribution < 1.29 is 0 Å². The third-order valence-electron chi connectivity index (χ3n) is 10.9. The van der Waals surface area contributed by atoms with E-state index in [1.165, 1.54) is 87.6 Å². The van der Waals surface area contributed by atoms with Crippen LogP contribution in [0.4, 0.5) is 0 Å². The van der Waals surface area contributed by atoms with Gasteiger partial charge in [-0.1, -0.05) is 243 Å². The quantitative estimate of drug-likeness (QED) is 0.107. The molecule has 0 heteroatoms. The highest BCUT2D eigenvalue weighted by molar-refractivity contribution is 6.09. The highest BCUT2D eigenvalue weighted by Gasteiger charge is 2.06. The summed E-state index contributed by atoms with van der Waals surface area (Å²) in [4.78, 5) is 0. The zero-order valence-corrected chi connectivity index (χ0v) is 33.4. The zero-order chi connectivity index (χ0) is 40.4. The van der Waals surface area contributed by atoms with E-state index in [1.807, 2.05) is 12.1 Å². The fourth-order valence-corrected chi connectivity index (χ4v) is 7.86. The van der Waals surface area contributed by atoms with Crippen LogP contribution >= 0.6 is 0 Å². The molecule has 10 aromatic rings. The maximum Gasteiger partial charge on any atom is -0.00992 e. The number of hydrogen-bond acceptors (Lipinski definition) is 0. The van der Waals surface area contributed by atoms with Gasteiger partial charge in [0.05, 0.1) is 0 Å². The highest BCUT2D eigenvalue weighted by atomic mass is 14.1. The molecule has 10 aromatic carbocycles. The summed E-state index contributed by atoms with van der Waals surface area (Å²) in [7, 11) is 0. The Kier molecular flexibility index (Phi) is 11.5. The largest absolute Gasteiger partial charge is 0.0622 e. The molecule has 10 rings (SSSR count). The molecule has 60 heavy (non-hydrogen) atoms. The molecule has 0 nitrogen and oxygen atoms in total. The maximum absolute atomic E-state index is 2.27. The van der Waals surface area contributed by atoms with E-state index in [0.29, 0.717) is 0 Å². The van der Waals surface area contributed by atoms with E-state index in [1.54, 1.807) is 0 Å². The molecule has 0 aliphatic carbocycles. The predicted octanol–water partition coefficient (Wildman–Crippen LogP) is 16.7. The van der Waals surface area contributed by atoms with Gasteiger partial charge in [0.1, 0.15) is 0 Å². The Hall–Kier alpha value is -7.80. The molecule has 284 valence electrons. The first-order valence-electron chi connectivity index (χ1n) is 20.6. The molecule has 0 aromatic heterocycles. The van der Waals surface area contributed by atoms with Gasteiger partial charge in [0, 0.05) is 0 Å². The molecule has 0 unspecified atom stereocenters. The van der Waals surface area contributed by atoms with Crippen LogP contribution in [0.15, 0.2) is 218 Å². The lowest BCUT2D eigenvalue weighted by Crippen LogP contribution is -1.83. The van der Waals surface area contributed by atoms with Gasteiger partial charge >= 0.3 is 0 Å². The molecular weight excluding hydrogens is 721 g/mol. The fourth-order valence-electron chi connectivity index (χ4n) is 7.86. The van der Waals surface area contributed by atoms with E-state index in [4.69, 9.17) is 0 Å². The van der Waals surface area contributed by atoms with Crippen molar-refractivity contribution in [1.82, 2.24) is 0 Å². The number of fused-ring (bicyclic) bond motifs is 4. The molecule has 0 amide bonds.